The second-order valence-electron chi connectivity index (χ2n) is 11.3. The van der Waals surface area contributed by atoms with E-state index < -0.39 is 0 Å². The van der Waals surface area contributed by atoms with Crippen molar-refractivity contribution in [3.8, 4) is 56.6 Å². The van der Waals surface area contributed by atoms with E-state index in [0.29, 0.717) is 5.89 Å². The fraction of sp³-hybridized carbons (Fsp3) is 0. The summed E-state index contributed by atoms with van der Waals surface area (Å²) >= 11 is 0. The summed E-state index contributed by atoms with van der Waals surface area (Å²) in [5, 5.41) is 3.10. The van der Waals surface area contributed by atoms with Crippen LogP contribution in [0.25, 0.3) is 89.4 Å². The highest BCUT2D eigenvalue weighted by atomic mass is 16.3. The smallest absolute Gasteiger partial charge is 0.227 e. The van der Waals surface area contributed by atoms with E-state index in [-0.39, 0.29) is 0 Å². The van der Waals surface area contributed by atoms with Crippen LogP contribution in [-0.4, -0.2) is 24.9 Å². The Morgan fingerprint density at radius 2 is 1.09 bits per heavy atom. The second kappa shape index (κ2) is 11.1. The van der Waals surface area contributed by atoms with Gasteiger partial charge in [-0.1, -0.05) is 72.8 Å². The summed E-state index contributed by atoms with van der Waals surface area (Å²) < 4.78 is 6.26. The SMILES string of the molecule is c1ccc(-c2nc3c(ccc4c(-c5ccc(-c6cc(-c7ccccn7)nc(-c7ccccn7)c6)cc5)nc5ccccc5c43)o2)cc1. The zero-order chi connectivity index (χ0) is 31.2. The summed E-state index contributed by atoms with van der Waals surface area (Å²) in [5.41, 5.74) is 10.6. The fourth-order valence-corrected chi connectivity index (χ4v) is 6.16. The van der Waals surface area contributed by atoms with Crippen molar-refractivity contribution in [3.05, 3.63) is 152 Å². The lowest BCUT2D eigenvalue weighted by Gasteiger charge is -2.12. The summed E-state index contributed by atoms with van der Waals surface area (Å²) in [6, 6.07) is 46.8. The Hall–Kier alpha value is -6.53. The summed E-state index contributed by atoms with van der Waals surface area (Å²) in [5.74, 6) is 0.604. The largest absolute Gasteiger partial charge is 0.436 e. The third-order valence-corrected chi connectivity index (χ3v) is 8.41. The first kappa shape index (κ1) is 26.8. The third-order valence-electron chi connectivity index (χ3n) is 8.41. The molecule has 0 aliphatic heterocycles. The molecule has 0 saturated carbocycles. The number of pyridine rings is 4. The van der Waals surface area contributed by atoms with Gasteiger partial charge in [0, 0.05) is 39.7 Å². The molecule has 47 heavy (non-hydrogen) atoms. The van der Waals surface area contributed by atoms with Crippen LogP contribution in [0.4, 0.5) is 0 Å². The molecule has 9 aromatic rings. The topological polar surface area (TPSA) is 77.6 Å². The van der Waals surface area contributed by atoms with Crippen LogP contribution in [0.15, 0.2) is 156 Å². The van der Waals surface area contributed by atoms with Gasteiger partial charge in [-0.2, -0.15) is 0 Å². The van der Waals surface area contributed by atoms with Gasteiger partial charge in [0.2, 0.25) is 5.89 Å². The first-order valence-corrected chi connectivity index (χ1v) is 15.4. The molecular formula is C41H25N5O. The number of para-hydroxylation sites is 1. The molecule has 0 N–H and O–H groups in total. The van der Waals surface area contributed by atoms with Crippen molar-refractivity contribution in [1.29, 1.82) is 0 Å². The van der Waals surface area contributed by atoms with E-state index in [9.17, 15) is 0 Å². The van der Waals surface area contributed by atoms with Crippen molar-refractivity contribution < 1.29 is 4.42 Å². The molecule has 0 aliphatic carbocycles. The number of nitrogens with zero attached hydrogens (tertiary/aromatic N) is 5. The predicted octanol–water partition coefficient (Wildman–Crippen LogP) is 10.0. The Morgan fingerprint density at radius 1 is 0.426 bits per heavy atom. The molecule has 6 nitrogen and oxygen atoms in total. The number of hydrogen-bond donors (Lipinski definition) is 0. The van der Waals surface area contributed by atoms with Gasteiger partial charge in [0.05, 0.1) is 34.0 Å². The monoisotopic (exact) mass is 603 g/mol. The molecule has 0 saturated heterocycles. The lowest BCUT2D eigenvalue weighted by atomic mass is 9.97. The molecule has 220 valence electrons. The highest BCUT2D eigenvalue weighted by Gasteiger charge is 2.18. The van der Waals surface area contributed by atoms with Crippen molar-refractivity contribution in [1.82, 2.24) is 24.9 Å². The number of benzene rings is 4. The van der Waals surface area contributed by atoms with E-state index in [2.05, 4.69) is 64.6 Å². The first-order valence-electron chi connectivity index (χ1n) is 15.4. The van der Waals surface area contributed by atoms with Gasteiger partial charge in [-0.15, -0.1) is 0 Å². The minimum Gasteiger partial charge on any atom is -0.436 e. The molecule has 0 atom stereocenters. The predicted molar refractivity (Wildman–Crippen MR) is 187 cm³/mol. The molecule has 0 aliphatic rings. The summed E-state index contributed by atoms with van der Waals surface area (Å²) in [6.45, 7) is 0. The van der Waals surface area contributed by atoms with Crippen LogP contribution in [0.3, 0.4) is 0 Å². The molecule has 6 heteroatoms. The summed E-state index contributed by atoms with van der Waals surface area (Å²) in [7, 11) is 0. The first-order chi connectivity index (χ1) is 23.3. The van der Waals surface area contributed by atoms with Gasteiger partial charge in [-0.25, -0.2) is 15.0 Å². The van der Waals surface area contributed by atoms with E-state index in [1.165, 1.54) is 0 Å². The van der Waals surface area contributed by atoms with Crippen LogP contribution >= 0.6 is 0 Å². The standard InChI is InChI=1S/C41H25N5O/c1-2-10-28(11-3-1)41-46-40-37(47-41)21-20-31-38(40)30-12-4-5-13-32(30)45-39(31)27-18-16-26(17-19-27)29-24-35(33-14-6-8-22-42-33)44-36(25-29)34-15-7-9-23-43-34/h1-25H. The van der Waals surface area contributed by atoms with Gasteiger partial charge in [-0.3, -0.25) is 9.97 Å². The summed E-state index contributed by atoms with van der Waals surface area (Å²) in [6.07, 6.45) is 3.57. The maximum absolute atomic E-state index is 6.26. The Bertz CT molecular complexity index is 2490. The van der Waals surface area contributed by atoms with Crippen molar-refractivity contribution in [2.24, 2.45) is 0 Å². The van der Waals surface area contributed by atoms with Crippen LogP contribution in [0.2, 0.25) is 0 Å². The quantitative estimate of drug-likeness (QED) is 0.182. The molecule has 0 amide bonds. The lowest BCUT2D eigenvalue weighted by Crippen LogP contribution is -1.94. The van der Waals surface area contributed by atoms with Crippen LogP contribution in [-0.2, 0) is 0 Å². The van der Waals surface area contributed by atoms with Crippen LogP contribution in [0, 0.1) is 0 Å². The van der Waals surface area contributed by atoms with Crippen molar-refractivity contribution in [2.45, 2.75) is 0 Å². The van der Waals surface area contributed by atoms with E-state index in [1.807, 2.05) is 84.9 Å². The van der Waals surface area contributed by atoms with E-state index in [1.54, 1.807) is 12.4 Å². The second-order valence-corrected chi connectivity index (χ2v) is 11.3. The Balaban J connectivity index is 1.19. The molecule has 5 heterocycles. The molecule has 0 spiro atoms. The zero-order valence-corrected chi connectivity index (χ0v) is 25.1. The van der Waals surface area contributed by atoms with Crippen molar-refractivity contribution in [2.75, 3.05) is 0 Å². The Morgan fingerprint density at radius 3 is 1.79 bits per heavy atom. The highest BCUT2D eigenvalue weighted by molar-refractivity contribution is 6.20. The van der Waals surface area contributed by atoms with Gasteiger partial charge < -0.3 is 4.42 Å². The number of hydrogen-bond acceptors (Lipinski definition) is 6. The van der Waals surface area contributed by atoms with Gasteiger partial charge in [0.25, 0.3) is 0 Å². The normalized spacial score (nSPS) is 11.4. The van der Waals surface area contributed by atoms with Crippen molar-refractivity contribution >= 4 is 32.8 Å². The number of aromatic nitrogens is 5. The van der Waals surface area contributed by atoms with Gasteiger partial charge in [0.1, 0.15) is 5.52 Å². The molecule has 0 unspecified atom stereocenters. The van der Waals surface area contributed by atoms with Crippen molar-refractivity contribution in [3.63, 3.8) is 0 Å². The van der Waals surface area contributed by atoms with Crippen LogP contribution in [0.1, 0.15) is 0 Å². The molecule has 0 bridgehead atoms. The number of rotatable bonds is 5. The van der Waals surface area contributed by atoms with E-state index in [4.69, 9.17) is 19.4 Å². The van der Waals surface area contributed by atoms with E-state index >= 15 is 0 Å². The van der Waals surface area contributed by atoms with E-state index in [0.717, 1.165) is 83.5 Å². The molecule has 0 fully saturated rings. The number of fused-ring (bicyclic) bond motifs is 5. The van der Waals surface area contributed by atoms with Crippen LogP contribution in [0.5, 0.6) is 0 Å². The molecule has 5 aromatic heterocycles. The summed E-state index contributed by atoms with van der Waals surface area (Å²) in [4.78, 5) is 24.2. The molecule has 4 aromatic carbocycles. The molecule has 0 radical (unpaired) electrons. The minimum absolute atomic E-state index is 0.604. The van der Waals surface area contributed by atoms with Gasteiger partial charge >= 0.3 is 0 Å². The molecule has 9 rings (SSSR count). The third kappa shape index (κ3) is 4.80. The maximum atomic E-state index is 6.26. The minimum atomic E-state index is 0.604. The highest BCUT2D eigenvalue weighted by Crippen LogP contribution is 2.39. The molecular weight excluding hydrogens is 578 g/mol. The lowest BCUT2D eigenvalue weighted by molar-refractivity contribution is 0.620. The number of oxazole rings is 1. The van der Waals surface area contributed by atoms with Crippen LogP contribution < -0.4 is 0 Å². The maximum Gasteiger partial charge on any atom is 0.227 e. The van der Waals surface area contributed by atoms with Gasteiger partial charge in [0.15, 0.2) is 5.58 Å². The average molecular weight is 604 g/mol. The Kier molecular flexibility index (Phi) is 6.35. The Labute approximate surface area is 270 Å². The average Bonchev–Trinajstić information content (AvgIpc) is 3.60. The fourth-order valence-electron chi connectivity index (χ4n) is 6.16. The van der Waals surface area contributed by atoms with Gasteiger partial charge in [-0.05, 0) is 77.9 Å². The zero-order valence-electron chi connectivity index (χ0n) is 25.1.